The highest BCUT2D eigenvalue weighted by atomic mass is 16.3. The van der Waals surface area contributed by atoms with Crippen molar-refractivity contribution in [1.82, 2.24) is 8.97 Å². The molecule has 0 unspecified atom stereocenters. The lowest BCUT2D eigenvalue weighted by Gasteiger charge is -2.08. The summed E-state index contributed by atoms with van der Waals surface area (Å²) in [6, 6.07) is 3.39. The van der Waals surface area contributed by atoms with Crippen molar-refractivity contribution in [1.29, 1.82) is 0 Å². The van der Waals surface area contributed by atoms with E-state index < -0.39 is 16.7 Å². The number of carbonyl (C=O) groups excluding carboxylic acids is 1. The molecule has 1 N–H and O–H groups in total. The van der Waals surface area contributed by atoms with Gasteiger partial charge in [0.2, 0.25) is 11.7 Å². The SMILES string of the molecule is O=[C]c1cn2ccn(Cc3ccco3)c(=O)c2c(O)c1=O. The van der Waals surface area contributed by atoms with Crippen LogP contribution in [0.1, 0.15) is 11.3 Å². The molecule has 1 radical (unpaired) electrons. The highest BCUT2D eigenvalue weighted by Crippen LogP contribution is 2.10. The summed E-state index contributed by atoms with van der Waals surface area (Å²) in [5, 5.41) is 9.85. The van der Waals surface area contributed by atoms with Crippen LogP contribution < -0.4 is 11.0 Å². The predicted molar refractivity (Wildman–Crippen MR) is 72.2 cm³/mol. The summed E-state index contributed by atoms with van der Waals surface area (Å²) in [7, 11) is 0. The fraction of sp³-hybridized carbons (Fsp3) is 0.0714. The molecule has 7 nitrogen and oxygen atoms in total. The zero-order valence-electron chi connectivity index (χ0n) is 10.6. The zero-order chi connectivity index (χ0) is 15.0. The van der Waals surface area contributed by atoms with Crippen LogP contribution in [-0.2, 0) is 11.3 Å². The zero-order valence-corrected chi connectivity index (χ0v) is 10.6. The number of hydrogen-bond acceptors (Lipinski definition) is 5. The van der Waals surface area contributed by atoms with Gasteiger partial charge in [0.1, 0.15) is 5.76 Å². The van der Waals surface area contributed by atoms with Gasteiger partial charge in [-0.2, -0.15) is 0 Å². The number of fused-ring (bicyclic) bond motifs is 1. The molecule has 0 bridgehead atoms. The van der Waals surface area contributed by atoms with E-state index in [0.29, 0.717) is 5.76 Å². The van der Waals surface area contributed by atoms with Crippen LogP contribution in [0, 0.1) is 0 Å². The van der Waals surface area contributed by atoms with Gasteiger partial charge < -0.3 is 18.5 Å². The smallest absolute Gasteiger partial charge is 0.279 e. The molecule has 0 aliphatic heterocycles. The molecular formula is C14H9N2O5. The number of hydrogen-bond donors (Lipinski definition) is 1. The van der Waals surface area contributed by atoms with E-state index in [0.717, 1.165) is 6.20 Å². The maximum absolute atomic E-state index is 12.3. The van der Waals surface area contributed by atoms with Crippen molar-refractivity contribution in [3.63, 3.8) is 0 Å². The first-order valence-corrected chi connectivity index (χ1v) is 5.99. The first kappa shape index (κ1) is 12.9. The Morgan fingerprint density at radius 2 is 2.10 bits per heavy atom. The van der Waals surface area contributed by atoms with E-state index in [1.165, 1.54) is 33.9 Å². The van der Waals surface area contributed by atoms with E-state index in [9.17, 15) is 19.5 Å². The van der Waals surface area contributed by atoms with Gasteiger partial charge in [-0.3, -0.25) is 14.4 Å². The molecule has 0 spiro atoms. The molecule has 0 aliphatic rings. The Kier molecular flexibility index (Phi) is 2.94. The Morgan fingerprint density at radius 3 is 2.76 bits per heavy atom. The Bertz CT molecular complexity index is 934. The molecule has 21 heavy (non-hydrogen) atoms. The second-order valence-electron chi connectivity index (χ2n) is 4.39. The van der Waals surface area contributed by atoms with Crippen LogP contribution in [0.15, 0.2) is 51.0 Å². The number of pyridine rings is 1. The van der Waals surface area contributed by atoms with Crippen molar-refractivity contribution >= 4 is 11.8 Å². The maximum Gasteiger partial charge on any atom is 0.279 e. The van der Waals surface area contributed by atoms with Crippen LogP contribution in [-0.4, -0.2) is 20.4 Å². The second-order valence-corrected chi connectivity index (χ2v) is 4.39. The fourth-order valence-corrected chi connectivity index (χ4v) is 2.07. The van der Waals surface area contributed by atoms with Gasteiger partial charge in [-0.25, -0.2) is 0 Å². The lowest BCUT2D eigenvalue weighted by atomic mass is 10.2. The second kappa shape index (κ2) is 4.78. The summed E-state index contributed by atoms with van der Waals surface area (Å²) in [6.45, 7) is 0.164. The van der Waals surface area contributed by atoms with Crippen molar-refractivity contribution in [3.05, 3.63) is 68.9 Å². The average Bonchev–Trinajstić information content (AvgIpc) is 2.98. The lowest BCUT2D eigenvalue weighted by molar-refractivity contribution is 0.469. The molecule has 3 aromatic rings. The normalized spacial score (nSPS) is 10.9. The Labute approximate surface area is 117 Å². The third-order valence-electron chi connectivity index (χ3n) is 3.10. The molecule has 0 aliphatic carbocycles. The highest BCUT2D eigenvalue weighted by molar-refractivity contribution is 5.77. The van der Waals surface area contributed by atoms with Crippen molar-refractivity contribution in [2.24, 2.45) is 0 Å². The van der Waals surface area contributed by atoms with Crippen LogP contribution in [0.2, 0.25) is 0 Å². The molecule has 7 heteroatoms. The number of aromatic hydroxyl groups is 1. The molecule has 0 fully saturated rings. The third kappa shape index (κ3) is 2.04. The van der Waals surface area contributed by atoms with Gasteiger partial charge in [0, 0.05) is 18.6 Å². The highest BCUT2D eigenvalue weighted by Gasteiger charge is 2.14. The minimum Gasteiger partial charge on any atom is -0.503 e. The first-order valence-electron chi connectivity index (χ1n) is 5.99. The molecule has 0 aromatic carbocycles. The maximum atomic E-state index is 12.3. The third-order valence-corrected chi connectivity index (χ3v) is 3.10. The van der Waals surface area contributed by atoms with E-state index in [4.69, 9.17) is 4.42 Å². The van der Waals surface area contributed by atoms with Crippen molar-refractivity contribution < 1.29 is 14.3 Å². The van der Waals surface area contributed by atoms with Gasteiger partial charge in [-0.05, 0) is 12.1 Å². The van der Waals surface area contributed by atoms with E-state index >= 15 is 0 Å². The van der Waals surface area contributed by atoms with Gasteiger partial charge in [-0.1, -0.05) is 0 Å². The van der Waals surface area contributed by atoms with Crippen LogP contribution in [0.4, 0.5) is 0 Å². The van der Waals surface area contributed by atoms with E-state index in [2.05, 4.69) is 0 Å². The molecule has 3 rings (SSSR count). The summed E-state index contributed by atoms with van der Waals surface area (Å²) in [5.74, 6) is -0.212. The lowest BCUT2D eigenvalue weighted by Crippen LogP contribution is -2.25. The topological polar surface area (TPSA) is 93.9 Å². The van der Waals surface area contributed by atoms with E-state index in [1.807, 2.05) is 0 Å². The molecular weight excluding hydrogens is 276 g/mol. The van der Waals surface area contributed by atoms with Crippen LogP contribution in [0.5, 0.6) is 5.75 Å². The van der Waals surface area contributed by atoms with Crippen LogP contribution in [0.3, 0.4) is 0 Å². The summed E-state index contributed by atoms with van der Waals surface area (Å²) in [4.78, 5) is 34.7. The fourth-order valence-electron chi connectivity index (χ4n) is 2.07. The molecule has 105 valence electrons. The summed E-state index contributed by atoms with van der Waals surface area (Å²) < 4.78 is 7.66. The van der Waals surface area contributed by atoms with Gasteiger partial charge >= 0.3 is 0 Å². The number of rotatable bonds is 3. The molecule has 3 aromatic heterocycles. The minimum atomic E-state index is -0.919. The molecule has 0 saturated carbocycles. The van der Waals surface area contributed by atoms with Gasteiger partial charge in [-0.15, -0.1) is 0 Å². The van der Waals surface area contributed by atoms with Crippen molar-refractivity contribution in [3.8, 4) is 5.75 Å². The van der Waals surface area contributed by atoms with Crippen molar-refractivity contribution in [2.75, 3.05) is 0 Å². The largest absolute Gasteiger partial charge is 0.503 e. The van der Waals surface area contributed by atoms with E-state index in [-0.39, 0.29) is 17.6 Å². The standard InChI is InChI=1S/C14H9N2O5/c17-8-9-6-15-3-4-16(7-10-2-1-5-21-10)14(20)11(15)13(19)12(9)18/h1-6,19H,7H2. The molecule has 0 atom stereocenters. The Hall–Kier alpha value is -3.09. The van der Waals surface area contributed by atoms with E-state index in [1.54, 1.807) is 12.1 Å². The molecule has 3 heterocycles. The molecule has 0 amide bonds. The Balaban J connectivity index is 2.26. The number of furan rings is 1. The van der Waals surface area contributed by atoms with Crippen LogP contribution in [0.25, 0.3) is 5.52 Å². The van der Waals surface area contributed by atoms with Crippen molar-refractivity contribution in [2.45, 2.75) is 6.54 Å². The van der Waals surface area contributed by atoms with Gasteiger partial charge in [0.05, 0.1) is 18.4 Å². The minimum absolute atomic E-state index is 0.164. The number of nitrogens with zero attached hydrogens (tertiary/aromatic N) is 2. The number of aromatic nitrogens is 2. The molecule has 0 saturated heterocycles. The monoisotopic (exact) mass is 285 g/mol. The summed E-state index contributed by atoms with van der Waals surface area (Å²) >= 11 is 0. The quantitative estimate of drug-likeness (QED) is 0.745. The Morgan fingerprint density at radius 1 is 1.29 bits per heavy atom. The summed E-state index contributed by atoms with van der Waals surface area (Å²) in [6.07, 6.45) is 7.00. The van der Waals surface area contributed by atoms with Crippen LogP contribution >= 0.6 is 0 Å². The predicted octanol–water partition coefficient (Wildman–Crippen LogP) is 0.266. The summed E-state index contributed by atoms with van der Waals surface area (Å²) in [5.41, 5.74) is -2.03. The van der Waals surface area contributed by atoms with Gasteiger partial charge in [0.25, 0.3) is 5.56 Å². The average molecular weight is 285 g/mol. The van der Waals surface area contributed by atoms with Gasteiger partial charge in [0.15, 0.2) is 11.3 Å². The first-order chi connectivity index (χ1) is 10.1.